The summed E-state index contributed by atoms with van der Waals surface area (Å²) in [5.41, 5.74) is 1.50. The van der Waals surface area contributed by atoms with E-state index in [0.717, 1.165) is 5.56 Å². The normalized spacial score (nSPS) is 12.6. The lowest BCUT2D eigenvalue weighted by molar-refractivity contribution is -0.384. The number of benzene rings is 2. The van der Waals surface area contributed by atoms with Crippen LogP contribution in [0, 0.1) is 16.0 Å². The number of carbonyl (C=O) groups excluding carboxylic acids is 2. The third kappa shape index (κ3) is 5.64. The second-order valence-electron chi connectivity index (χ2n) is 6.18. The van der Waals surface area contributed by atoms with Crippen LogP contribution in [0.3, 0.4) is 0 Å². The smallest absolute Gasteiger partial charge is 0.320 e. The molecule has 7 heteroatoms. The van der Waals surface area contributed by atoms with Gasteiger partial charge in [0.2, 0.25) is 0 Å². The fourth-order valence-electron chi connectivity index (χ4n) is 2.76. The predicted octanol–water partition coefficient (Wildman–Crippen LogP) is 4.01. The van der Waals surface area contributed by atoms with Gasteiger partial charge in [-0.2, -0.15) is 0 Å². The molecular formula is C21H23NO6. The van der Waals surface area contributed by atoms with E-state index in [1.54, 1.807) is 26.0 Å². The summed E-state index contributed by atoms with van der Waals surface area (Å²) in [6.07, 6.45) is -0.0428. The van der Waals surface area contributed by atoms with Gasteiger partial charge in [-0.15, -0.1) is 0 Å². The van der Waals surface area contributed by atoms with E-state index in [2.05, 4.69) is 0 Å². The van der Waals surface area contributed by atoms with Gasteiger partial charge in [0.25, 0.3) is 5.69 Å². The minimum Gasteiger partial charge on any atom is -0.465 e. The van der Waals surface area contributed by atoms with Crippen LogP contribution in [0.15, 0.2) is 54.6 Å². The molecule has 0 aliphatic carbocycles. The zero-order valence-electron chi connectivity index (χ0n) is 15.9. The Morgan fingerprint density at radius 2 is 1.64 bits per heavy atom. The number of nitrogens with zero attached hydrogens (tertiary/aromatic N) is 1. The Bertz CT molecular complexity index is 803. The molecular weight excluding hydrogens is 362 g/mol. The maximum Gasteiger partial charge on any atom is 0.320 e. The highest BCUT2D eigenvalue weighted by Crippen LogP contribution is 2.26. The summed E-state index contributed by atoms with van der Waals surface area (Å²) in [6.45, 7) is 3.56. The Balaban J connectivity index is 2.25. The highest BCUT2D eigenvalue weighted by molar-refractivity contribution is 5.94. The molecule has 0 bridgehead atoms. The van der Waals surface area contributed by atoms with Gasteiger partial charge >= 0.3 is 11.9 Å². The van der Waals surface area contributed by atoms with Crippen LogP contribution in [-0.4, -0.2) is 23.5 Å². The van der Waals surface area contributed by atoms with Gasteiger partial charge in [-0.3, -0.25) is 19.7 Å². The molecule has 0 aromatic heterocycles. The van der Waals surface area contributed by atoms with Crippen molar-refractivity contribution in [3.8, 4) is 0 Å². The van der Waals surface area contributed by atoms with Gasteiger partial charge in [0, 0.05) is 18.6 Å². The average molecular weight is 385 g/mol. The Labute approximate surface area is 163 Å². The van der Waals surface area contributed by atoms with Gasteiger partial charge in [-0.05, 0) is 36.6 Å². The molecule has 2 aromatic rings. The first-order valence-corrected chi connectivity index (χ1v) is 9.11. The predicted molar refractivity (Wildman–Crippen MR) is 102 cm³/mol. The summed E-state index contributed by atoms with van der Waals surface area (Å²) >= 11 is 0. The van der Waals surface area contributed by atoms with Crippen LogP contribution in [0.1, 0.15) is 37.5 Å². The largest absolute Gasteiger partial charge is 0.465 e. The van der Waals surface area contributed by atoms with Gasteiger partial charge in [0.1, 0.15) is 6.10 Å². The first-order valence-electron chi connectivity index (χ1n) is 9.11. The molecule has 2 aromatic carbocycles. The number of carbonyl (C=O) groups is 2. The molecule has 0 aliphatic heterocycles. The third-order valence-electron chi connectivity index (χ3n) is 4.26. The number of nitro groups is 1. The molecule has 0 heterocycles. The van der Waals surface area contributed by atoms with Crippen LogP contribution < -0.4 is 0 Å². The van der Waals surface area contributed by atoms with Gasteiger partial charge in [-0.25, -0.2) is 0 Å². The molecule has 0 radical (unpaired) electrons. The SMILES string of the molecule is CCOC(=O)C(CC)C(=O)OC(Cc1ccccc1)c1ccc([N+](=O)[O-])cc1. The summed E-state index contributed by atoms with van der Waals surface area (Å²) in [4.78, 5) is 35.0. The first kappa shape index (κ1) is 21.1. The highest BCUT2D eigenvalue weighted by Gasteiger charge is 2.30. The molecule has 0 N–H and O–H groups in total. The zero-order valence-corrected chi connectivity index (χ0v) is 15.9. The van der Waals surface area contributed by atoms with Crippen molar-refractivity contribution < 1.29 is 24.0 Å². The minimum atomic E-state index is -1.00. The van der Waals surface area contributed by atoms with E-state index in [1.807, 2.05) is 30.3 Å². The second-order valence-corrected chi connectivity index (χ2v) is 6.18. The Morgan fingerprint density at radius 3 is 2.18 bits per heavy atom. The van der Waals surface area contributed by atoms with E-state index in [9.17, 15) is 19.7 Å². The van der Waals surface area contributed by atoms with Crippen LogP contribution in [0.2, 0.25) is 0 Å². The molecule has 0 aliphatic rings. The average Bonchev–Trinajstić information content (AvgIpc) is 2.69. The lowest BCUT2D eigenvalue weighted by Crippen LogP contribution is -2.29. The maximum absolute atomic E-state index is 12.6. The van der Waals surface area contributed by atoms with E-state index >= 15 is 0 Å². The van der Waals surface area contributed by atoms with Crippen molar-refractivity contribution in [3.05, 3.63) is 75.8 Å². The fraction of sp³-hybridized carbons (Fsp3) is 0.333. The van der Waals surface area contributed by atoms with E-state index in [1.165, 1.54) is 12.1 Å². The summed E-state index contributed by atoms with van der Waals surface area (Å²) in [6, 6.07) is 15.3. The third-order valence-corrected chi connectivity index (χ3v) is 4.26. The lowest BCUT2D eigenvalue weighted by atomic mass is 10.0. The van der Waals surface area contributed by atoms with Gasteiger partial charge < -0.3 is 9.47 Å². The van der Waals surface area contributed by atoms with Crippen molar-refractivity contribution >= 4 is 17.6 Å². The summed E-state index contributed by atoms with van der Waals surface area (Å²) in [7, 11) is 0. The van der Waals surface area contributed by atoms with Crippen molar-refractivity contribution in [1.29, 1.82) is 0 Å². The summed E-state index contributed by atoms with van der Waals surface area (Å²) in [5.74, 6) is -2.28. The van der Waals surface area contributed by atoms with Crippen molar-refractivity contribution in [2.45, 2.75) is 32.8 Å². The van der Waals surface area contributed by atoms with Crippen molar-refractivity contribution in [1.82, 2.24) is 0 Å². The molecule has 0 fully saturated rings. The molecule has 0 saturated carbocycles. The molecule has 2 rings (SSSR count). The van der Waals surface area contributed by atoms with Crippen LogP contribution in [0.4, 0.5) is 5.69 Å². The Kier molecular flexibility index (Phi) is 7.68. The molecule has 0 spiro atoms. The summed E-state index contributed by atoms with van der Waals surface area (Å²) < 4.78 is 10.6. The van der Waals surface area contributed by atoms with Crippen LogP contribution in [-0.2, 0) is 25.5 Å². The van der Waals surface area contributed by atoms with Crippen molar-refractivity contribution in [2.24, 2.45) is 5.92 Å². The van der Waals surface area contributed by atoms with Crippen LogP contribution >= 0.6 is 0 Å². The number of ether oxygens (including phenoxy) is 2. The second kappa shape index (κ2) is 10.2. The van der Waals surface area contributed by atoms with Crippen LogP contribution in [0.5, 0.6) is 0 Å². The fourth-order valence-corrected chi connectivity index (χ4v) is 2.76. The minimum absolute atomic E-state index is 0.0495. The molecule has 0 saturated heterocycles. The zero-order chi connectivity index (χ0) is 20.5. The number of nitro benzene ring substituents is 1. The summed E-state index contributed by atoms with van der Waals surface area (Å²) in [5, 5.41) is 10.9. The topological polar surface area (TPSA) is 95.7 Å². The van der Waals surface area contributed by atoms with E-state index in [4.69, 9.17) is 9.47 Å². The Hall–Kier alpha value is -3.22. The number of non-ortho nitro benzene ring substituents is 1. The van der Waals surface area contributed by atoms with Gasteiger partial charge in [-0.1, -0.05) is 37.3 Å². The standard InChI is InChI=1S/C21H23NO6/c1-3-18(20(23)27-4-2)21(24)28-19(14-15-8-6-5-7-9-15)16-10-12-17(13-11-16)22(25)26/h5-13,18-19H,3-4,14H2,1-2H3. The first-order chi connectivity index (χ1) is 13.5. The monoisotopic (exact) mass is 385 g/mol. The van der Waals surface area contributed by atoms with Crippen molar-refractivity contribution in [2.75, 3.05) is 6.61 Å². The van der Waals surface area contributed by atoms with E-state index in [-0.39, 0.29) is 18.7 Å². The number of hydrogen-bond acceptors (Lipinski definition) is 6. The number of esters is 2. The lowest BCUT2D eigenvalue weighted by Gasteiger charge is -2.21. The maximum atomic E-state index is 12.6. The highest BCUT2D eigenvalue weighted by atomic mass is 16.6. The van der Waals surface area contributed by atoms with E-state index < -0.39 is 28.9 Å². The molecule has 148 valence electrons. The number of rotatable bonds is 9. The molecule has 2 unspecified atom stereocenters. The number of hydrogen-bond donors (Lipinski definition) is 0. The molecule has 7 nitrogen and oxygen atoms in total. The molecule has 2 atom stereocenters. The quantitative estimate of drug-likeness (QED) is 0.280. The van der Waals surface area contributed by atoms with Gasteiger partial charge in [0.05, 0.1) is 11.5 Å². The Morgan fingerprint density at radius 1 is 1.00 bits per heavy atom. The van der Waals surface area contributed by atoms with E-state index in [0.29, 0.717) is 12.0 Å². The van der Waals surface area contributed by atoms with Crippen molar-refractivity contribution in [3.63, 3.8) is 0 Å². The van der Waals surface area contributed by atoms with Crippen LogP contribution in [0.25, 0.3) is 0 Å². The molecule has 28 heavy (non-hydrogen) atoms. The molecule has 0 amide bonds. The van der Waals surface area contributed by atoms with Gasteiger partial charge in [0.15, 0.2) is 5.92 Å².